The maximum atomic E-state index is 12.3. The number of benzene rings is 1. The Bertz CT molecular complexity index is 726. The van der Waals surface area contributed by atoms with Crippen LogP contribution in [-0.2, 0) is 6.54 Å². The Morgan fingerprint density at radius 3 is 2.95 bits per heavy atom. The lowest BCUT2D eigenvalue weighted by atomic mass is 10.2. The van der Waals surface area contributed by atoms with Crippen molar-refractivity contribution >= 4 is 10.9 Å². The lowest BCUT2D eigenvalue weighted by Crippen LogP contribution is -2.40. The van der Waals surface area contributed by atoms with Gasteiger partial charge in [0.05, 0.1) is 5.52 Å². The number of hydrogen-bond donors (Lipinski definition) is 3. The van der Waals surface area contributed by atoms with Crippen molar-refractivity contribution in [2.45, 2.75) is 25.4 Å². The van der Waals surface area contributed by atoms with Crippen LogP contribution in [0.5, 0.6) is 5.75 Å². The molecule has 3 N–H and O–H groups in total. The molecule has 0 bridgehead atoms. The standard InChI is InChI=1S/C13H15N3O3/c17-10-5-1-4-9-11(10)12(18)16(13(19)15-9)7-8-3-2-6-14-8/h1,4-5,8,14,17H,2-3,6-7H2,(H,15,19). The highest BCUT2D eigenvalue weighted by Crippen LogP contribution is 2.17. The molecular weight excluding hydrogens is 246 g/mol. The van der Waals surface area contributed by atoms with E-state index in [9.17, 15) is 14.7 Å². The Balaban J connectivity index is 2.16. The maximum Gasteiger partial charge on any atom is 0.328 e. The summed E-state index contributed by atoms with van der Waals surface area (Å²) in [6.45, 7) is 1.24. The van der Waals surface area contributed by atoms with Crippen molar-refractivity contribution in [1.29, 1.82) is 0 Å². The van der Waals surface area contributed by atoms with Gasteiger partial charge in [-0.25, -0.2) is 4.79 Å². The van der Waals surface area contributed by atoms with Crippen LogP contribution in [0.15, 0.2) is 27.8 Å². The predicted octanol–water partition coefficient (Wildman–Crippen LogP) is 0.147. The molecule has 1 atom stereocenters. The first-order chi connectivity index (χ1) is 9.16. The van der Waals surface area contributed by atoms with Gasteiger partial charge in [0.25, 0.3) is 5.56 Å². The predicted molar refractivity (Wildman–Crippen MR) is 71.5 cm³/mol. The molecule has 100 valence electrons. The minimum Gasteiger partial charge on any atom is -0.507 e. The molecule has 3 rings (SSSR count). The Morgan fingerprint density at radius 2 is 2.21 bits per heavy atom. The van der Waals surface area contributed by atoms with Gasteiger partial charge < -0.3 is 15.4 Å². The highest BCUT2D eigenvalue weighted by Gasteiger charge is 2.18. The number of fused-ring (bicyclic) bond motifs is 1. The van der Waals surface area contributed by atoms with Crippen molar-refractivity contribution in [1.82, 2.24) is 14.9 Å². The van der Waals surface area contributed by atoms with Crippen LogP contribution in [0.25, 0.3) is 10.9 Å². The molecular formula is C13H15N3O3. The van der Waals surface area contributed by atoms with Crippen molar-refractivity contribution < 1.29 is 5.11 Å². The number of hydrogen-bond acceptors (Lipinski definition) is 4. The van der Waals surface area contributed by atoms with Gasteiger partial charge in [-0.15, -0.1) is 0 Å². The van der Waals surface area contributed by atoms with E-state index in [-0.39, 0.29) is 17.2 Å². The highest BCUT2D eigenvalue weighted by atomic mass is 16.3. The third kappa shape index (κ3) is 2.04. The van der Waals surface area contributed by atoms with Gasteiger partial charge in [0.15, 0.2) is 0 Å². The summed E-state index contributed by atoms with van der Waals surface area (Å²) in [6.07, 6.45) is 2.00. The molecule has 0 saturated carbocycles. The molecule has 1 aromatic heterocycles. The first-order valence-electron chi connectivity index (χ1n) is 6.35. The lowest BCUT2D eigenvalue weighted by molar-refractivity contribution is 0.473. The first kappa shape index (κ1) is 12.0. The second-order valence-electron chi connectivity index (χ2n) is 4.84. The summed E-state index contributed by atoms with van der Waals surface area (Å²) in [5.74, 6) is -0.105. The van der Waals surface area contributed by atoms with E-state index in [4.69, 9.17) is 0 Å². The van der Waals surface area contributed by atoms with Crippen LogP contribution in [0, 0.1) is 0 Å². The van der Waals surface area contributed by atoms with Gasteiger partial charge in [0, 0.05) is 12.6 Å². The number of aromatic amines is 1. The van der Waals surface area contributed by atoms with Crippen LogP contribution >= 0.6 is 0 Å². The molecule has 0 spiro atoms. The number of aromatic hydroxyl groups is 1. The summed E-state index contributed by atoms with van der Waals surface area (Å²) in [5.41, 5.74) is -0.506. The summed E-state index contributed by atoms with van der Waals surface area (Å²) in [4.78, 5) is 26.9. The molecule has 0 aliphatic carbocycles. The van der Waals surface area contributed by atoms with Gasteiger partial charge in [-0.1, -0.05) is 6.07 Å². The van der Waals surface area contributed by atoms with E-state index in [0.717, 1.165) is 24.0 Å². The average Bonchev–Trinajstić information content (AvgIpc) is 2.87. The van der Waals surface area contributed by atoms with E-state index < -0.39 is 11.2 Å². The minimum atomic E-state index is -0.439. The van der Waals surface area contributed by atoms with Gasteiger partial charge in [0.2, 0.25) is 0 Å². The molecule has 6 heteroatoms. The fraction of sp³-hybridized carbons (Fsp3) is 0.385. The summed E-state index contributed by atoms with van der Waals surface area (Å²) in [6, 6.07) is 4.79. The van der Waals surface area contributed by atoms with Crippen molar-refractivity contribution in [3.63, 3.8) is 0 Å². The van der Waals surface area contributed by atoms with E-state index in [1.165, 1.54) is 6.07 Å². The van der Waals surface area contributed by atoms with Crippen LogP contribution in [0.2, 0.25) is 0 Å². The van der Waals surface area contributed by atoms with Crippen molar-refractivity contribution in [2.75, 3.05) is 6.54 Å². The van der Waals surface area contributed by atoms with Crippen molar-refractivity contribution in [2.24, 2.45) is 0 Å². The molecule has 2 heterocycles. The summed E-state index contributed by atoms with van der Waals surface area (Å²) in [7, 11) is 0. The topological polar surface area (TPSA) is 87.1 Å². The smallest absolute Gasteiger partial charge is 0.328 e. The molecule has 2 aromatic rings. The molecule has 1 fully saturated rings. The number of nitrogens with zero attached hydrogens (tertiary/aromatic N) is 1. The van der Waals surface area contributed by atoms with Gasteiger partial charge in [-0.05, 0) is 31.5 Å². The fourth-order valence-corrected chi connectivity index (χ4v) is 2.58. The van der Waals surface area contributed by atoms with Crippen LogP contribution in [0.3, 0.4) is 0 Å². The van der Waals surface area contributed by atoms with Crippen molar-refractivity contribution in [3.05, 3.63) is 39.0 Å². The molecule has 1 unspecified atom stereocenters. The Kier molecular flexibility index (Phi) is 2.87. The molecule has 0 radical (unpaired) electrons. The molecule has 6 nitrogen and oxygen atoms in total. The number of rotatable bonds is 2. The maximum absolute atomic E-state index is 12.3. The summed E-state index contributed by atoms with van der Waals surface area (Å²) in [5, 5.41) is 13.2. The lowest BCUT2D eigenvalue weighted by Gasteiger charge is -2.12. The second-order valence-corrected chi connectivity index (χ2v) is 4.84. The van der Waals surface area contributed by atoms with E-state index in [1.54, 1.807) is 12.1 Å². The molecule has 1 aliphatic heterocycles. The number of aromatic nitrogens is 2. The summed E-state index contributed by atoms with van der Waals surface area (Å²) >= 11 is 0. The van der Waals surface area contributed by atoms with E-state index in [1.807, 2.05) is 0 Å². The number of phenolic OH excluding ortho intramolecular Hbond substituents is 1. The number of H-pyrrole nitrogens is 1. The normalized spacial score (nSPS) is 19.1. The zero-order chi connectivity index (χ0) is 13.4. The molecule has 1 aromatic carbocycles. The minimum absolute atomic E-state index is 0.105. The van der Waals surface area contributed by atoms with Gasteiger partial charge in [-0.3, -0.25) is 9.36 Å². The summed E-state index contributed by atoms with van der Waals surface area (Å²) < 4.78 is 1.16. The first-order valence-corrected chi connectivity index (χ1v) is 6.35. The van der Waals surface area contributed by atoms with Crippen LogP contribution in [0.1, 0.15) is 12.8 Å². The third-order valence-electron chi connectivity index (χ3n) is 3.55. The second kappa shape index (κ2) is 4.55. The third-order valence-corrected chi connectivity index (χ3v) is 3.55. The zero-order valence-corrected chi connectivity index (χ0v) is 10.3. The largest absolute Gasteiger partial charge is 0.507 e. The van der Waals surface area contributed by atoms with Gasteiger partial charge in [0.1, 0.15) is 11.1 Å². The number of nitrogens with one attached hydrogen (secondary N) is 2. The highest BCUT2D eigenvalue weighted by molar-refractivity contribution is 5.83. The van der Waals surface area contributed by atoms with Crippen molar-refractivity contribution in [3.8, 4) is 5.75 Å². The average molecular weight is 261 g/mol. The quantitative estimate of drug-likeness (QED) is 0.718. The SMILES string of the molecule is O=c1[nH]c2cccc(O)c2c(=O)n1CC1CCCN1. The Hall–Kier alpha value is -2.08. The van der Waals surface area contributed by atoms with E-state index in [2.05, 4.69) is 10.3 Å². The van der Waals surface area contributed by atoms with Crippen LogP contribution < -0.4 is 16.6 Å². The van der Waals surface area contributed by atoms with E-state index in [0.29, 0.717) is 12.1 Å². The molecule has 0 amide bonds. The van der Waals surface area contributed by atoms with Crippen LogP contribution in [-0.4, -0.2) is 27.2 Å². The monoisotopic (exact) mass is 261 g/mol. The van der Waals surface area contributed by atoms with E-state index >= 15 is 0 Å². The van der Waals surface area contributed by atoms with Gasteiger partial charge in [-0.2, -0.15) is 0 Å². The fourth-order valence-electron chi connectivity index (χ4n) is 2.58. The Labute approximate surface area is 108 Å². The number of phenols is 1. The zero-order valence-electron chi connectivity index (χ0n) is 10.3. The van der Waals surface area contributed by atoms with Gasteiger partial charge >= 0.3 is 5.69 Å². The molecule has 1 aliphatic rings. The molecule has 1 saturated heterocycles. The Morgan fingerprint density at radius 1 is 1.37 bits per heavy atom. The molecule has 19 heavy (non-hydrogen) atoms. The van der Waals surface area contributed by atoms with Crippen LogP contribution in [0.4, 0.5) is 0 Å².